The molecule has 2 N–H and O–H groups in total. The Labute approximate surface area is 58.4 Å². The maximum absolute atomic E-state index is 10.2. The molecular weight excluding hydrogens is 136 g/mol. The van der Waals surface area contributed by atoms with Gasteiger partial charge in [-0.25, -0.2) is 0 Å². The summed E-state index contributed by atoms with van der Waals surface area (Å²) in [4.78, 5) is 19.6. The summed E-state index contributed by atoms with van der Waals surface area (Å²) in [6.07, 6.45) is 0.418. The molecule has 0 amide bonds. The van der Waals surface area contributed by atoms with E-state index in [1.165, 1.54) is 0 Å². The van der Waals surface area contributed by atoms with Crippen LogP contribution in [0, 0.1) is 10.8 Å². The van der Waals surface area contributed by atoms with Gasteiger partial charge in [-0.2, -0.15) is 0 Å². The average molecular weight is 146 g/mol. The van der Waals surface area contributed by atoms with E-state index in [9.17, 15) is 9.70 Å². The summed E-state index contributed by atoms with van der Waals surface area (Å²) < 4.78 is 0. The van der Waals surface area contributed by atoms with Crippen molar-refractivity contribution in [2.24, 2.45) is 11.2 Å². The van der Waals surface area contributed by atoms with Gasteiger partial charge in [-0.15, -0.1) is 4.91 Å². The lowest BCUT2D eigenvalue weighted by molar-refractivity contribution is -0.141. The van der Waals surface area contributed by atoms with Crippen molar-refractivity contribution in [3.05, 3.63) is 4.91 Å². The zero-order chi connectivity index (χ0) is 7.98. The minimum atomic E-state index is -0.854. The molecule has 5 heteroatoms. The van der Waals surface area contributed by atoms with Crippen molar-refractivity contribution in [3.8, 4) is 0 Å². The Morgan fingerprint density at radius 3 is 2.80 bits per heavy atom. The Morgan fingerprint density at radius 1 is 1.80 bits per heavy atom. The van der Waals surface area contributed by atoms with Gasteiger partial charge in [0.2, 0.25) is 0 Å². The highest BCUT2D eigenvalue weighted by molar-refractivity contribution is 5.69. The lowest BCUT2D eigenvalue weighted by atomic mass is 10.1. The zero-order valence-electron chi connectivity index (χ0n) is 5.70. The van der Waals surface area contributed by atoms with Crippen LogP contribution in [-0.4, -0.2) is 17.6 Å². The van der Waals surface area contributed by atoms with Crippen LogP contribution in [0.25, 0.3) is 0 Å². The number of carboxylic acid groups (broad SMARTS) is 1. The third kappa shape index (κ3) is 3.82. The number of aliphatic carboxylic acids is 1. The molecule has 0 spiro atoms. The van der Waals surface area contributed by atoms with Gasteiger partial charge >= 0.3 is 5.97 Å². The van der Waals surface area contributed by atoms with Gasteiger partial charge in [0.25, 0.3) is 0 Å². The standard InChI is InChI=1S/C5H10N2O3/c1-4(5(8)9)2-3-6-7-10/h4H,2-3H2,1H3,(H,6,10)(H,8,9). The van der Waals surface area contributed by atoms with Gasteiger partial charge in [0.1, 0.15) is 0 Å². The Hall–Kier alpha value is -1.13. The molecule has 0 aromatic carbocycles. The summed E-state index contributed by atoms with van der Waals surface area (Å²) in [5.41, 5.74) is 2.14. The van der Waals surface area contributed by atoms with Crippen molar-refractivity contribution in [1.29, 1.82) is 0 Å². The van der Waals surface area contributed by atoms with Gasteiger partial charge in [0, 0.05) is 11.8 Å². The minimum Gasteiger partial charge on any atom is -0.481 e. The van der Waals surface area contributed by atoms with E-state index in [1.54, 1.807) is 6.92 Å². The molecule has 1 unspecified atom stereocenters. The number of carboxylic acids is 1. The van der Waals surface area contributed by atoms with Gasteiger partial charge in [0.05, 0.1) is 5.92 Å². The van der Waals surface area contributed by atoms with Crippen molar-refractivity contribution >= 4 is 5.97 Å². The second-order valence-corrected chi connectivity index (χ2v) is 2.03. The molecule has 0 saturated carbocycles. The minimum absolute atomic E-state index is 0.316. The molecule has 1 atom stereocenters. The molecule has 0 radical (unpaired) electrons. The Balaban J connectivity index is 3.30. The van der Waals surface area contributed by atoms with E-state index in [-0.39, 0.29) is 0 Å². The van der Waals surface area contributed by atoms with Crippen LogP contribution < -0.4 is 5.43 Å². The fraction of sp³-hybridized carbons (Fsp3) is 0.800. The highest BCUT2D eigenvalue weighted by Crippen LogP contribution is 1.98. The van der Waals surface area contributed by atoms with E-state index in [1.807, 2.05) is 0 Å². The van der Waals surface area contributed by atoms with E-state index < -0.39 is 11.9 Å². The molecule has 0 aromatic heterocycles. The van der Waals surface area contributed by atoms with Crippen molar-refractivity contribution in [3.63, 3.8) is 0 Å². The molecule has 0 aromatic rings. The molecular formula is C5H10N2O3. The first-order chi connectivity index (χ1) is 4.68. The number of hydrogen-bond donors (Lipinski definition) is 2. The largest absolute Gasteiger partial charge is 0.481 e. The molecule has 0 aliphatic heterocycles. The number of carbonyl (C=O) groups is 1. The molecule has 0 heterocycles. The predicted octanol–water partition coefficient (Wildman–Crippen LogP) is 0.368. The normalized spacial score (nSPS) is 12.1. The first kappa shape index (κ1) is 8.87. The van der Waals surface area contributed by atoms with E-state index in [4.69, 9.17) is 5.11 Å². The quantitative estimate of drug-likeness (QED) is 0.333. The van der Waals surface area contributed by atoms with Crippen molar-refractivity contribution < 1.29 is 9.90 Å². The first-order valence-corrected chi connectivity index (χ1v) is 2.96. The van der Waals surface area contributed by atoms with Crippen LogP contribution in [0.5, 0.6) is 0 Å². The highest BCUT2D eigenvalue weighted by Gasteiger charge is 2.08. The highest BCUT2D eigenvalue weighted by atomic mass is 16.4. The Morgan fingerprint density at radius 2 is 2.40 bits per heavy atom. The number of nitrogens with zero attached hydrogens (tertiary/aromatic N) is 1. The van der Waals surface area contributed by atoms with Crippen LogP contribution in [0.4, 0.5) is 0 Å². The second-order valence-electron chi connectivity index (χ2n) is 2.03. The van der Waals surface area contributed by atoms with E-state index in [2.05, 4.69) is 10.7 Å². The first-order valence-electron chi connectivity index (χ1n) is 2.96. The van der Waals surface area contributed by atoms with Crippen molar-refractivity contribution in [1.82, 2.24) is 5.43 Å². The maximum Gasteiger partial charge on any atom is 0.306 e. The molecule has 0 bridgehead atoms. The van der Waals surface area contributed by atoms with Crippen molar-refractivity contribution in [2.45, 2.75) is 13.3 Å². The van der Waals surface area contributed by atoms with Gasteiger partial charge in [-0.05, 0) is 6.42 Å². The number of nitrogens with one attached hydrogen (secondary N) is 1. The Bertz CT molecular complexity index is 126. The molecule has 0 aliphatic rings. The fourth-order valence-corrected chi connectivity index (χ4v) is 0.450. The average Bonchev–Trinajstić information content (AvgIpc) is 1.88. The van der Waals surface area contributed by atoms with Gasteiger partial charge in [-0.3, -0.25) is 10.2 Å². The molecule has 10 heavy (non-hydrogen) atoms. The van der Waals surface area contributed by atoms with Crippen molar-refractivity contribution in [2.75, 3.05) is 6.54 Å². The van der Waals surface area contributed by atoms with E-state index in [0.717, 1.165) is 0 Å². The zero-order valence-corrected chi connectivity index (χ0v) is 5.70. The van der Waals surface area contributed by atoms with Crippen LogP contribution >= 0.6 is 0 Å². The summed E-state index contributed by atoms with van der Waals surface area (Å²) in [6, 6.07) is 0. The Kier molecular flexibility index (Phi) is 4.19. The molecule has 58 valence electrons. The van der Waals surface area contributed by atoms with Gasteiger partial charge in [0.15, 0.2) is 0 Å². The van der Waals surface area contributed by atoms with E-state index in [0.29, 0.717) is 13.0 Å². The van der Waals surface area contributed by atoms with Crippen LogP contribution in [0.15, 0.2) is 5.29 Å². The summed E-state index contributed by atoms with van der Waals surface area (Å²) in [5.74, 6) is -1.28. The fourth-order valence-electron chi connectivity index (χ4n) is 0.450. The molecule has 0 fully saturated rings. The molecule has 0 aliphatic carbocycles. The topological polar surface area (TPSA) is 78.8 Å². The lowest BCUT2D eigenvalue weighted by Crippen LogP contribution is -2.16. The van der Waals surface area contributed by atoms with Crippen LogP contribution in [0.1, 0.15) is 13.3 Å². The number of rotatable bonds is 5. The summed E-state index contributed by atoms with van der Waals surface area (Å²) in [6.45, 7) is 1.89. The molecule has 0 saturated heterocycles. The molecule has 5 nitrogen and oxygen atoms in total. The smallest absolute Gasteiger partial charge is 0.306 e. The van der Waals surface area contributed by atoms with Crippen LogP contribution in [0.3, 0.4) is 0 Å². The monoisotopic (exact) mass is 146 g/mol. The second kappa shape index (κ2) is 4.72. The van der Waals surface area contributed by atoms with E-state index >= 15 is 0 Å². The molecule has 0 rings (SSSR count). The maximum atomic E-state index is 10.2. The van der Waals surface area contributed by atoms with Gasteiger partial charge in [-0.1, -0.05) is 6.92 Å². The number of nitroso groups, excluding NO2 is 1. The summed E-state index contributed by atoms with van der Waals surface area (Å²) >= 11 is 0. The third-order valence-electron chi connectivity index (χ3n) is 1.18. The lowest BCUT2D eigenvalue weighted by Gasteiger charge is -2.02. The summed E-state index contributed by atoms with van der Waals surface area (Å²) in [7, 11) is 0. The van der Waals surface area contributed by atoms with Crippen LogP contribution in [-0.2, 0) is 4.79 Å². The SMILES string of the molecule is CC(CCNN=O)C(=O)O. The predicted molar refractivity (Wildman–Crippen MR) is 35.2 cm³/mol. The third-order valence-corrected chi connectivity index (χ3v) is 1.18. The van der Waals surface area contributed by atoms with Gasteiger partial charge < -0.3 is 5.11 Å². The number of hydrogen-bond acceptors (Lipinski definition) is 3. The summed E-state index contributed by atoms with van der Waals surface area (Å²) in [5, 5.41) is 10.7. The van der Waals surface area contributed by atoms with Crippen LogP contribution in [0.2, 0.25) is 0 Å².